The zero-order chi connectivity index (χ0) is 20.4. The number of sulfonamides is 1. The number of nitrogens with one attached hydrogen (secondary N) is 1. The molecule has 2 aromatic carbocycles. The topological polar surface area (TPSA) is 110 Å². The van der Waals surface area contributed by atoms with E-state index >= 15 is 0 Å². The number of amides is 1. The molecule has 27 heavy (non-hydrogen) atoms. The first-order valence-electron chi connectivity index (χ1n) is 8.09. The van der Waals surface area contributed by atoms with Gasteiger partial charge in [-0.05, 0) is 50.1 Å². The van der Waals surface area contributed by atoms with Crippen LogP contribution in [0, 0.1) is 30.9 Å². The van der Waals surface area contributed by atoms with Gasteiger partial charge in [0, 0.05) is 6.07 Å². The molecule has 0 saturated heterocycles. The molecule has 0 heterocycles. The number of anilines is 2. The van der Waals surface area contributed by atoms with Crippen LogP contribution in [0.15, 0.2) is 36.4 Å². The van der Waals surface area contributed by atoms with Crippen LogP contribution in [0.25, 0.3) is 0 Å². The second kappa shape index (κ2) is 7.75. The van der Waals surface area contributed by atoms with Crippen LogP contribution < -0.4 is 9.62 Å². The Morgan fingerprint density at radius 1 is 1.15 bits per heavy atom. The van der Waals surface area contributed by atoms with Crippen LogP contribution in [0.1, 0.15) is 16.7 Å². The number of nitrogens with zero attached hydrogens (tertiary/aromatic N) is 2. The number of benzene rings is 2. The largest absolute Gasteiger partial charge is 0.324 e. The van der Waals surface area contributed by atoms with Crippen LogP contribution in [-0.4, -0.2) is 32.0 Å². The minimum atomic E-state index is -3.71. The lowest BCUT2D eigenvalue weighted by atomic mass is 10.1. The molecule has 0 aliphatic rings. The Hall–Kier alpha value is -2.94. The van der Waals surface area contributed by atoms with E-state index in [2.05, 4.69) is 5.32 Å². The van der Waals surface area contributed by atoms with Crippen molar-refractivity contribution in [3.05, 3.63) is 63.2 Å². The van der Waals surface area contributed by atoms with Gasteiger partial charge < -0.3 is 5.32 Å². The molecule has 0 aromatic heterocycles. The summed E-state index contributed by atoms with van der Waals surface area (Å²) in [4.78, 5) is 22.9. The molecule has 0 saturated carbocycles. The molecular weight excluding hydrogens is 370 g/mol. The number of nitro benzene ring substituents is 1. The van der Waals surface area contributed by atoms with Crippen LogP contribution in [0.2, 0.25) is 0 Å². The fourth-order valence-electron chi connectivity index (χ4n) is 2.77. The van der Waals surface area contributed by atoms with Gasteiger partial charge in [0.1, 0.15) is 6.54 Å². The number of hydrogen-bond donors (Lipinski definition) is 1. The summed E-state index contributed by atoms with van der Waals surface area (Å²) in [7, 11) is -3.71. The lowest BCUT2D eigenvalue weighted by Crippen LogP contribution is -2.37. The van der Waals surface area contributed by atoms with E-state index in [0.29, 0.717) is 11.3 Å². The van der Waals surface area contributed by atoms with Crippen LogP contribution >= 0.6 is 0 Å². The van der Waals surface area contributed by atoms with Gasteiger partial charge in [-0.15, -0.1) is 0 Å². The van der Waals surface area contributed by atoms with Gasteiger partial charge in [-0.1, -0.05) is 12.1 Å². The molecule has 0 radical (unpaired) electrons. The highest BCUT2D eigenvalue weighted by molar-refractivity contribution is 7.92. The minimum Gasteiger partial charge on any atom is -0.324 e. The summed E-state index contributed by atoms with van der Waals surface area (Å²) in [5.74, 6) is -0.594. The molecule has 0 fully saturated rings. The fourth-order valence-corrected chi connectivity index (χ4v) is 3.61. The summed E-state index contributed by atoms with van der Waals surface area (Å²) in [6, 6.07) is 9.58. The lowest BCUT2D eigenvalue weighted by molar-refractivity contribution is -0.385. The van der Waals surface area contributed by atoms with Crippen molar-refractivity contribution in [1.29, 1.82) is 0 Å². The molecule has 2 aromatic rings. The van der Waals surface area contributed by atoms with E-state index in [4.69, 9.17) is 0 Å². The second-order valence-electron chi connectivity index (χ2n) is 6.37. The first-order chi connectivity index (χ1) is 12.5. The van der Waals surface area contributed by atoms with Crippen molar-refractivity contribution in [3.63, 3.8) is 0 Å². The van der Waals surface area contributed by atoms with Gasteiger partial charge in [-0.2, -0.15) is 0 Å². The molecule has 9 heteroatoms. The smallest absolute Gasteiger partial charge is 0.274 e. The molecule has 0 unspecified atom stereocenters. The average molecular weight is 391 g/mol. The summed E-state index contributed by atoms with van der Waals surface area (Å²) < 4.78 is 25.4. The van der Waals surface area contributed by atoms with Gasteiger partial charge >= 0.3 is 0 Å². The van der Waals surface area contributed by atoms with Crippen molar-refractivity contribution in [1.82, 2.24) is 0 Å². The van der Waals surface area contributed by atoms with Gasteiger partial charge in [-0.3, -0.25) is 19.2 Å². The van der Waals surface area contributed by atoms with Crippen LogP contribution in [0.3, 0.4) is 0 Å². The Labute approximate surface area is 158 Å². The molecule has 0 spiro atoms. The van der Waals surface area contributed by atoms with Crippen molar-refractivity contribution in [3.8, 4) is 0 Å². The van der Waals surface area contributed by atoms with E-state index < -0.39 is 27.4 Å². The number of hydrogen-bond acceptors (Lipinski definition) is 5. The second-order valence-corrected chi connectivity index (χ2v) is 8.28. The quantitative estimate of drug-likeness (QED) is 0.601. The van der Waals surface area contributed by atoms with Crippen molar-refractivity contribution in [2.75, 3.05) is 22.4 Å². The molecule has 1 N–H and O–H groups in total. The number of rotatable bonds is 6. The third kappa shape index (κ3) is 5.04. The average Bonchev–Trinajstić information content (AvgIpc) is 2.52. The van der Waals surface area contributed by atoms with E-state index in [0.717, 1.165) is 21.7 Å². The molecule has 0 aliphatic heterocycles. The Morgan fingerprint density at radius 2 is 1.74 bits per heavy atom. The van der Waals surface area contributed by atoms with Crippen LogP contribution in [0.5, 0.6) is 0 Å². The predicted molar refractivity (Wildman–Crippen MR) is 105 cm³/mol. The standard InChI is InChI=1S/C18H21N3O5S/c1-12-8-13(2)10-15(9-12)20(27(4,25)26)11-18(22)19-16-6-5-7-17(14(16)3)21(23)24/h5-10H,11H2,1-4H3,(H,19,22). The molecule has 0 aliphatic carbocycles. The number of carbonyl (C=O) groups excluding carboxylic acids is 1. The molecular formula is C18H21N3O5S. The summed E-state index contributed by atoms with van der Waals surface area (Å²) >= 11 is 0. The van der Waals surface area contributed by atoms with E-state index in [1.807, 2.05) is 19.9 Å². The zero-order valence-electron chi connectivity index (χ0n) is 15.5. The summed E-state index contributed by atoms with van der Waals surface area (Å²) in [6.45, 7) is 4.75. The first-order valence-corrected chi connectivity index (χ1v) is 9.93. The van der Waals surface area contributed by atoms with E-state index in [1.165, 1.54) is 25.1 Å². The summed E-state index contributed by atoms with van der Waals surface area (Å²) in [6.07, 6.45) is 1.02. The van der Waals surface area contributed by atoms with E-state index in [1.54, 1.807) is 12.1 Å². The maximum Gasteiger partial charge on any atom is 0.274 e. The van der Waals surface area contributed by atoms with Gasteiger partial charge in [-0.25, -0.2) is 8.42 Å². The van der Waals surface area contributed by atoms with E-state index in [-0.39, 0.29) is 11.4 Å². The highest BCUT2D eigenvalue weighted by atomic mass is 32.2. The molecule has 2 rings (SSSR count). The summed E-state index contributed by atoms with van der Waals surface area (Å²) in [5, 5.41) is 13.6. The van der Waals surface area contributed by atoms with Crippen LogP contribution in [0.4, 0.5) is 17.1 Å². The van der Waals surface area contributed by atoms with E-state index in [9.17, 15) is 23.3 Å². The minimum absolute atomic E-state index is 0.123. The molecule has 0 bridgehead atoms. The number of carbonyl (C=O) groups is 1. The summed E-state index contributed by atoms with van der Waals surface area (Å²) in [5.41, 5.74) is 2.57. The monoisotopic (exact) mass is 391 g/mol. The van der Waals surface area contributed by atoms with Gasteiger partial charge in [0.2, 0.25) is 15.9 Å². The Morgan fingerprint density at radius 3 is 2.26 bits per heavy atom. The van der Waals surface area contributed by atoms with Crippen molar-refractivity contribution < 1.29 is 18.1 Å². The molecule has 1 amide bonds. The Kier molecular flexibility index (Phi) is 5.85. The highest BCUT2D eigenvalue weighted by Crippen LogP contribution is 2.26. The fraction of sp³-hybridized carbons (Fsp3) is 0.278. The third-order valence-electron chi connectivity index (χ3n) is 3.96. The van der Waals surface area contributed by atoms with Crippen molar-refractivity contribution >= 4 is 33.0 Å². The van der Waals surface area contributed by atoms with Crippen molar-refractivity contribution in [2.45, 2.75) is 20.8 Å². The number of nitro groups is 1. The third-order valence-corrected chi connectivity index (χ3v) is 5.10. The molecule has 144 valence electrons. The molecule has 8 nitrogen and oxygen atoms in total. The van der Waals surface area contributed by atoms with Gasteiger partial charge in [0.25, 0.3) is 5.69 Å². The normalized spacial score (nSPS) is 11.1. The maximum absolute atomic E-state index is 12.5. The van der Waals surface area contributed by atoms with Crippen molar-refractivity contribution in [2.24, 2.45) is 0 Å². The zero-order valence-corrected chi connectivity index (χ0v) is 16.3. The SMILES string of the molecule is Cc1cc(C)cc(N(CC(=O)Nc2cccc([N+](=O)[O-])c2C)S(C)(=O)=O)c1. The Bertz CT molecular complexity index is 982. The van der Waals surface area contributed by atoms with Gasteiger partial charge in [0.05, 0.1) is 28.1 Å². The predicted octanol–water partition coefficient (Wildman–Crippen LogP) is 2.92. The van der Waals surface area contributed by atoms with Gasteiger partial charge in [0.15, 0.2) is 0 Å². The molecule has 0 atom stereocenters. The maximum atomic E-state index is 12.5. The number of aryl methyl sites for hydroxylation is 2. The van der Waals surface area contributed by atoms with Crippen LogP contribution in [-0.2, 0) is 14.8 Å². The highest BCUT2D eigenvalue weighted by Gasteiger charge is 2.22. The Balaban J connectivity index is 2.30. The lowest BCUT2D eigenvalue weighted by Gasteiger charge is -2.23. The first kappa shape index (κ1) is 20.4.